The van der Waals surface area contributed by atoms with E-state index in [1.807, 2.05) is 0 Å². The average molecular weight is 429 g/mol. The second-order valence-corrected chi connectivity index (χ2v) is 8.23. The minimum atomic E-state index is -3.57. The third-order valence-corrected chi connectivity index (χ3v) is 5.07. The minimum Gasteiger partial charge on any atom is -0.459 e. The Hall–Kier alpha value is -2.13. The highest BCUT2D eigenvalue weighted by atomic mass is 79.9. The normalized spacial score (nSPS) is 11.1. The van der Waals surface area contributed by atoms with E-state index in [9.17, 15) is 18.0 Å². The Kier molecular flexibility index (Phi) is 6.77. The van der Waals surface area contributed by atoms with Gasteiger partial charge in [-0.05, 0) is 29.8 Å². The first-order valence-electron chi connectivity index (χ1n) is 7.39. The molecule has 2 N–H and O–H groups in total. The second-order valence-electron chi connectivity index (χ2n) is 5.25. The predicted molar refractivity (Wildman–Crippen MR) is 95.7 cm³/mol. The van der Waals surface area contributed by atoms with E-state index < -0.39 is 27.4 Å². The van der Waals surface area contributed by atoms with Crippen LogP contribution >= 0.6 is 15.9 Å². The van der Waals surface area contributed by atoms with E-state index in [0.29, 0.717) is 5.56 Å². The van der Waals surface area contributed by atoms with Gasteiger partial charge in [0, 0.05) is 17.6 Å². The predicted octanol–water partition coefficient (Wildman–Crippen LogP) is 1.50. The molecule has 2 rings (SSSR count). The Balaban J connectivity index is 1.73. The van der Waals surface area contributed by atoms with Crippen molar-refractivity contribution in [3.05, 3.63) is 58.5 Å². The van der Waals surface area contributed by atoms with Crippen LogP contribution < -0.4 is 10.6 Å². The van der Waals surface area contributed by atoms with Crippen LogP contribution in [-0.2, 0) is 20.4 Å². The maximum atomic E-state index is 12.1. The van der Waals surface area contributed by atoms with Crippen molar-refractivity contribution < 1.29 is 22.4 Å². The maximum absolute atomic E-state index is 12.1. The molecule has 0 saturated carbocycles. The molecule has 0 fully saturated rings. The number of furan rings is 1. The van der Waals surface area contributed by atoms with E-state index in [2.05, 4.69) is 26.6 Å². The summed E-state index contributed by atoms with van der Waals surface area (Å²) in [5.41, 5.74) is 0.605. The van der Waals surface area contributed by atoms with Gasteiger partial charge < -0.3 is 15.1 Å². The van der Waals surface area contributed by atoms with Gasteiger partial charge in [-0.3, -0.25) is 9.59 Å². The van der Waals surface area contributed by atoms with Crippen LogP contribution in [0.1, 0.15) is 16.1 Å². The zero-order chi connectivity index (χ0) is 18.3. The van der Waals surface area contributed by atoms with Gasteiger partial charge in [0.05, 0.1) is 12.0 Å². The first-order valence-corrected chi connectivity index (χ1v) is 10.0. The number of amides is 2. The van der Waals surface area contributed by atoms with Crippen molar-refractivity contribution in [1.82, 2.24) is 10.6 Å². The van der Waals surface area contributed by atoms with Crippen molar-refractivity contribution in [3.63, 3.8) is 0 Å². The molecule has 25 heavy (non-hydrogen) atoms. The van der Waals surface area contributed by atoms with E-state index in [-0.39, 0.29) is 24.6 Å². The van der Waals surface area contributed by atoms with Crippen molar-refractivity contribution in [3.8, 4) is 0 Å². The first-order chi connectivity index (χ1) is 11.9. The number of carbonyl (C=O) groups excluding carboxylic acids is 2. The van der Waals surface area contributed by atoms with Crippen LogP contribution in [0.25, 0.3) is 0 Å². The van der Waals surface area contributed by atoms with Crippen LogP contribution in [0.2, 0.25) is 0 Å². The smallest absolute Gasteiger partial charge is 0.287 e. The topological polar surface area (TPSA) is 105 Å². The van der Waals surface area contributed by atoms with Crippen molar-refractivity contribution in [2.24, 2.45) is 0 Å². The maximum Gasteiger partial charge on any atom is 0.287 e. The van der Waals surface area contributed by atoms with Crippen molar-refractivity contribution in [2.75, 3.05) is 18.8 Å². The van der Waals surface area contributed by atoms with Crippen molar-refractivity contribution in [2.45, 2.75) is 5.75 Å². The Morgan fingerprint density at radius 2 is 1.84 bits per heavy atom. The summed E-state index contributed by atoms with van der Waals surface area (Å²) in [5, 5.41) is 5.01. The van der Waals surface area contributed by atoms with Gasteiger partial charge in [0.2, 0.25) is 5.91 Å². The number of halogens is 1. The zero-order valence-electron chi connectivity index (χ0n) is 13.2. The third kappa shape index (κ3) is 6.71. The van der Waals surface area contributed by atoms with Gasteiger partial charge in [-0.1, -0.05) is 28.1 Å². The molecule has 7 nitrogen and oxygen atoms in total. The molecule has 0 aliphatic carbocycles. The molecule has 0 saturated heterocycles. The molecule has 0 bridgehead atoms. The fourth-order valence-electron chi connectivity index (χ4n) is 2.06. The second kappa shape index (κ2) is 8.82. The van der Waals surface area contributed by atoms with Gasteiger partial charge in [-0.15, -0.1) is 0 Å². The van der Waals surface area contributed by atoms with Crippen LogP contribution in [0.3, 0.4) is 0 Å². The molecule has 1 heterocycles. The Bertz CT molecular complexity index is 834. The standard InChI is InChI=1S/C16H17BrN2O5S/c17-13-4-1-3-12(9-13)10-25(22,23)11-15(20)18-6-7-19-16(21)14-5-2-8-24-14/h1-5,8-9H,6-7,10-11H2,(H,18,20)(H,19,21). The summed E-state index contributed by atoms with van der Waals surface area (Å²) in [6.07, 6.45) is 1.38. The van der Waals surface area contributed by atoms with Crippen molar-refractivity contribution >= 4 is 37.6 Å². The van der Waals surface area contributed by atoms with E-state index in [4.69, 9.17) is 4.42 Å². The molecule has 0 aliphatic heterocycles. The zero-order valence-corrected chi connectivity index (χ0v) is 15.6. The summed E-state index contributed by atoms with van der Waals surface area (Å²) in [6.45, 7) is 0.286. The highest BCUT2D eigenvalue weighted by Gasteiger charge is 2.17. The van der Waals surface area contributed by atoms with Gasteiger partial charge in [-0.25, -0.2) is 8.42 Å². The molecule has 2 aromatic rings. The van der Waals surface area contributed by atoms with Crippen LogP contribution in [0, 0.1) is 0 Å². The summed E-state index contributed by atoms with van der Waals surface area (Å²) in [6, 6.07) is 10.0. The lowest BCUT2D eigenvalue weighted by Gasteiger charge is -2.07. The molecule has 1 aromatic carbocycles. The minimum absolute atomic E-state index is 0.123. The van der Waals surface area contributed by atoms with Gasteiger partial charge in [-0.2, -0.15) is 0 Å². The van der Waals surface area contributed by atoms with Gasteiger partial charge in [0.15, 0.2) is 15.6 Å². The summed E-state index contributed by atoms with van der Waals surface area (Å²) in [7, 11) is -3.57. The SMILES string of the molecule is O=C(CS(=O)(=O)Cc1cccc(Br)c1)NCCNC(=O)c1ccco1. The van der Waals surface area contributed by atoms with Crippen molar-refractivity contribution in [1.29, 1.82) is 0 Å². The number of rotatable bonds is 8. The molecule has 2 amide bonds. The summed E-state index contributed by atoms with van der Waals surface area (Å²) in [4.78, 5) is 23.4. The lowest BCUT2D eigenvalue weighted by Crippen LogP contribution is -2.37. The van der Waals surface area contributed by atoms with E-state index in [0.717, 1.165) is 4.47 Å². The molecular weight excluding hydrogens is 412 g/mol. The van der Waals surface area contributed by atoms with Crippen LogP contribution in [0.15, 0.2) is 51.6 Å². The first kappa shape index (κ1) is 19.2. The molecule has 0 aliphatic rings. The third-order valence-electron chi connectivity index (χ3n) is 3.10. The summed E-state index contributed by atoms with van der Waals surface area (Å²) >= 11 is 3.27. The largest absolute Gasteiger partial charge is 0.459 e. The monoisotopic (exact) mass is 428 g/mol. The van der Waals surface area contributed by atoms with Crippen LogP contribution in [-0.4, -0.2) is 39.1 Å². The number of carbonyl (C=O) groups is 2. The fraction of sp³-hybridized carbons (Fsp3) is 0.250. The molecule has 134 valence electrons. The Morgan fingerprint density at radius 1 is 1.08 bits per heavy atom. The number of nitrogens with one attached hydrogen (secondary N) is 2. The molecule has 0 unspecified atom stereocenters. The number of benzene rings is 1. The average Bonchev–Trinajstić information content (AvgIpc) is 3.04. The number of hydrogen-bond acceptors (Lipinski definition) is 5. The molecule has 0 atom stereocenters. The lowest BCUT2D eigenvalue weighted by molar-refractivity contribution is -0.118. The highest BCUT2D eigenvalue weighted by Crippen LogP contribution is 2.14. The van der Waals surface area contributed by atoms with E-state index >= 15 is 0 Å². The molecule has 1 aromatic heterocycles. The molecular formula is C16H17BrN2O5S. The van der Waals surface area contributed by atoms with Gasteiger partial charge in [0.1, 0.15) is 5.75 Å². The van der Waals surface area contributed by atoms with E-state index in [1.165, 1.54) is 12.3 Å². The summed E-state index contributed by atoms with van der Waals surface area (Å²) < 4.78 is 29.8. The Labute approximate surface area is 153 Å². The molecule has 0 spiro atoms. The lowest BCUT2D eigenvalue weighted by atomic mass is 10.2. The van der Waals surface area contributed by atoms with Crippen LogP contribution in [0.5, 0.6) is 0 Å². The number of sulfone groups is 1. The molecule has 9 heteroatoms. The summed E-state index contributed by atoms with van der Waals surface area (Å²) in [5.74, 6) is -1.66. The Morgan fingerprint density at radius 3 is 2.52 bits per heavy atom. The van der Waals surface area contributed by atoms with Gasteiger partial charge >= 0.3 is 0 Å². The van der Waals surface area contributed by atoms with Crippen LogP contribution in [0.4, 0.5) is 0 Å². The quantitative estimate of drug-likeness (QED) is 0.619. The highest BCUT2D eigenvalue weighted by molar-refractivity contribution is 9.10. The number of hydrogen-bond donors (Lipinski definition) is 2. The van der Waals surface area contributed by atoms with E-state index in [1.54, 1.807) is 30.3 Å². The molecule has 0 radical (unpaired) electrons. The van der Waals surface area contributed by atoms with Gasteiger partial charge in [0.25, 0.3) is 5.91 Å². The fourth-order valence-corrected chi connectivity index (χ4v) is 3.79.